The van der Waals surface area contributed by atoms with Gasteiger partial charge in [0.25, 0.3) is 0 Å². The monoisotopic (exact) mass is 366 g/mol. The molecule has 22 heavy (non-hydrogen) atoms. The predicted molar refractivity (Wildman–Crippen MR) is 96.5 cm³/mol. The number of rotatable bonds is 5. The molecule has 122 valence electrons. The minimum absolute atomic E-state index is 0.116. The van der Waals surface area contributed by atoms with Crippen LogP contribution in [-0.4, -0.2) is 51.1 Å². The molecule has 1 aromatic rings. The third-order valence-corrected chi connectivity index (χ3v) is 5.25. The van der Waals surface area contributed by atoms with Crippen LogP contribution in [0.25, 0.3) is 0 Å². The highest BCUT2D eigenvalue weighted by atomic mass is 79.9. The molecule has 0 saturated carbocycles. The molecular formula is C18H27BrN2O. The summed E-state index contributed by atoms with van der Waals surface area (Å²) >= 11 is 3.94. The van der Waals surface area contributed by atoms with Crippen molar-refractivity contribution in [2.24, 2.45) is 0 Å². The fourth-order valence-corrected chi connectivity index (χ4v) is 4.23. The van der Waals surface area contributed by atoms with Gasteiger partial charge in [0.15, 0.2) is 0 Å². The van der Waals surface area contributed by atoms with Crippen LogP contribution < -0.4 is 0 Å². The van der Waals surface area contributed by atoms with Crippen molar-refractivity contribution in [1.82, 2.24) is 9.80 Å². The van der Waals surface area contributed by atoms with Gasteiger partial charge < -0.3 is 5.11 Å². The molecule has 3 atom stereocenters. The molecule has 1 saturated heterocycles. The fraction of sp³-hybridized carbons (Fsp3) is 0.556. The Morgan fingerprint density at radius 1 is 1.36 bits per heavy atom. The lowest BCUT2D eigenvalue weighted by Crippen LogP contribution is -2.61. The number of hydrogen-bond donors (Lipinski definition) is 1. The molecule has 0 spiro atoms. The lowest BCUT2D eigenvalue weighted by atomic mass is 10.0. The van der Waals surface area contributed by atoms with E-state index in [0.29, 0.717) is 17.8 Å². The van der Waals surface area contributed by atoms with Crippen molar-refractivity contribution in [3.05, 3.63) is 42.5 Å². The number of alkyl halides is 1. The van der Waals surface area contributed by atoms with Gasteiger partial charge in [0, 0.05) is 38.1 Å². The largest absolute Gasteiger partial charge is 0.508 e. The van der Waals surface area contributed by atoms with Crippen LogP contribution >= 0.6 is 15.9 Å². The zero-order valence-corrected chi connectivity index (χ0v) is 15.4. The maximum absolute atomic E-state index is 9.66. The number of halogens is 1. The summed E-state index contributed by atoms with van der Waals surface area (Å²) in [6, 6.07) is 8.52. The van der Waals surface area contributed by atoms with E-state index in [1.54, 1.807) is 6.07 Å². The summed E-state index contributed by atoms with van der Waals surface area (Å²) in [5.74, 6) is 0.331. The van der Waals surface area contributed by atoms with Gasteiger partial charge in [0.05, 0.1) is 4.45 Å². The van der Waals surface area contributed by atoms with E-state index in [4.69, 9.17) is 0 Å². The van der Waals surface area contributed by atoms with Gasteiger partial charge >= 0.3 is 0 Å². The Balaban J connectivity index is 2.10. The third-order valence-electron chi connectivity index (χ3n) is 4.51. The minimum atomic E-state index is -0.116. The second-order valence-corrected chi connectivity index (χ2v) is 8.29. The van der Waals surface area contributed by atoms with E-state index < -0.39 is 0 Å². The van der Waals surface area contributed by atoms with Crippen LogP contribution in [0.2, 0.25) is 0 Å². The standard InChI is InChI=1S/C18H27BrN2O/c1-5-9-20-12-15(3)21(13-14(20)2)18(4,19)11-16-7-6-8-17(22)10-16/h5-8,10,14-15,22H,1,9,11-13H2,2-4H3/t14-,15+,18+/m1/s1. The molecule has 0 aliphatic carbocycles. The Morgan fingerprint density at radius 2 is 2.09 bits per heavy atom. The normalized spacial score (nSPS) is 26.5. The number of hydrogen-bond acceptors (Lipinski definition) is 3. The van der Waals surface area contributed by atoms with E-state index in [9.17, 15) is 5.11 Å². The fourth-order valence-electron chi connectivity index (χ4n) is 3.41. The molecule has 2 rings (SSSR count). The van der Waals surface area contributed by atoms with Crippen LogP contribution in [-0.2, 0) is 6.42 Å². The van der Waals surface area contributed by atoms with Crippen molar-refractivity contribution in [2.45, 2.75) is 43.7 Å². The highest BCUT2D eigenvalue weighted by Crippen LogP contribution is 2.33. The number of aromatic hydroxyl groups is 1. The quantitative estimate of drug-likeness (QED) is 0.489. The van der Waals surface area contributed by atoms with Crippen LogP contribution in [0.5, 0.6) is 5.75 Å². The van der Waals surface area contributed by atoms with Gasteiger partial charge in [-0.3, -0.25) is 9.80 Å². The summed E-state index contributed by atoms with van der Waals surface area (Å²) in [5.41, 5.74) is 1.15. The van der Waals surface area contributed by atoms with Crippen LogP contribution in [0.4, 0.5) is 0 Å². The first-order valence-electron chi connectivity index (χ1n) is 7.92. The zero-order chi connectivity index (χ0) is 16.3. The van der Waals surface area contributed by atoms with Crippen LogP contribution in [0.1, 0.15) is 26.3 Å². The minimum Gasteiger partial charge on any atom is -0.508 e. The van der Waals surface area contributed by atoms with Gasteiger partial charge in [0.2, 0.25) is 0 Å². The topological polar surface area (TPSA) is 26.7 Å². The Labute approximate surface area is 142 Å². The second-order valence-electron chi connectivity index (χ2n) is 6.58. The van der Waals surface area contributed by atoms with E-state index in [-0.39, 0.29) is 4.45 Å². The van der Waals surface area contributed by atoms with Gasteiger partial charge in [-0.2, -0.15) is 0 Å². The molecule has 1 aliphatic rings. The molecule has 0 amide bonds. The summed E-state index contributed by atoms with van der Waals surface area (Å²) in [6.45, 7) is 13.7. The van der Waals surface area contributed by atoms with Crippen LogP contribution in [0.3, 0.4) is 0 Å². The SMILES string of the molecule is C=CCN1C[C@H](C)N([C@](C)(Br)Cc2cccc(O)c2)C[C@H]1C. The molecule has 0 unspecified atom stereocenters. The predicted octanol–water partition coefficient (Wildman–Crippen LogP) is 3.63. The first-order valence-corrected chi connectivity index (χ1v) is 8.71. The molecule has 1 heterocycles. The van der Waals surface area contributed by atoms with Crippen molar-refractivity contribution < 1.29 is 5.11 Å². The maximum Gasteiger partial charge on any atom is 0.115 e. The van der Waals surface area contributed by atoms with Crippen molar-refractivity contribution in [3.8, 4) is 5.75 Å². The number of nitrogens with zero attached hydrogens (tertiary/aromatic N) is 2. The van der Waals surface area contributed by atoms with Crippen molar-refractivity contribution in [1.29, 1.82) is 0 Å². The number of phenolic OH excluding ortho intramolecular Hbond substituents is 1. The van der Waals surface area contributed by atoms with E-state index in [1.165, 1.54) is 0 Å². The zero-order valence-electron chi connectivity index (χ0n) is 13.8. The smallest absolute Gasteiger partial charge is 0.115 e. The summed E-state index contributed by atoms with van der Waals surface area (Å²) in [5, 5.41) is 9.66. The Morgan fingerprint density at radius 3 is 2.73 bits per heavy atom. The van der Waals surface area contributed by atoms with Crippen molar-refractivity contribution >= 4 is 15.9 Å². The highest BCUT2D eigenvalue weighted by molar-refractivity contribution is 9.10. The first kappa shape index (κ1) is 17.5. The van der Waals surface area contributed by atoms with E-state index in [0.717, 1.165) is 31.6 Å². The molecule has 1 aliphatic heterocycles. The average molecular weight is 367 g/mol. The second kappa shape index (κ2) is 7.16. The van der Waals surface area contributed by atoms with E-state index >= 15 is 0 Å². The number of piperazine rings is 1. The average Bonchev–Trinajstić information content (AvgIpc) is 2.42. The molecule has 1 aromatic carbocycles. The molecule has 1 fully saturated rings. The molecule has 4 heteroatoms. The Kier molecular flexibility index (Phi) is 5.70. The van der Waals surface area contributed by atoms with Crippen molar-refractivity contribution in [2.75, 3.05) is 19.6 Å². The van der Waals surface area contributed by atoms with Gasteiger partial charge in [0.1, 0.15) is 5.75 Å². The lowest BCUT2D eigenvalue weighted by molar-refractivity contribution is 0.0165. The summed E-state index contributed by atoms with van der Waals surface area (Å²) in [6.07, 6.45) is 2.85. The van der Waals surface area contributed by atoms with Gasteiger partial charge in [-0.25, -0.2) is 0 Å². The van der Waals surface area contributed by atoms with E-state index in [1.807, 2.05) is 18.2 Å². The molecule has 1 N–H and O–H groups in total. The number of phenols is 1. The van der Waals surface area contributed by atoms with Gasteiger partial charge in [-0.05, 0) is 38.5 Å². The molecule has 0 bridgehead atoms. The molecular weight excluding hydrogens is 340 g/mol. The number of benzene rings is 1. The van der Waals surface area contributed by atoms with Crippen molar-refractivity contribution in [3.63, 3.8) is 0 Å². The van der Waals surface area contributed by atoms with Crippen LogP contribution in [0, 0.1) is 0 Å². The lowest BCUT2D eigenvalue weighted by Gasteiger charge is -2.50. The summed E-state index contributed by atoms with van der Waals surface area (Å²) < 4.78 is -0.116. The van der Waals surface area contributed by atoms with Gasteiger partial charge in [-0.1, -0.05) is 34.1 Å². The first-order chi connectivity index (χ1) is 10.3. The van der Waals surface area contributed by atoms with Crippen LogP contribution in [0.15, 0.2) is 36.9 Å². The summed E-state index contributed by atoms with van der Waals surface area (Å²) in [4.78, 5) is 5.01. The maximum atomic E-state index is 9.66. The Hall–Kier alpha value is -0.840. The highest BCUT2D eigenvalue weighted by Gasteiger charge is 2.38. The molecule has 0 radical (unpaired) electrons. The summed E-state index contributed by atoms with van der Waals surface area (Å²) in [7, 11) is 0. The van der Waals surface area contributed by atoms with Gasteiger partial charge in [-0.15, -0.1) is 6.58 Å². The third kappa shape index (κ3) is 4.12. The molecule has 3 nitrogen and oxygen atoms in total. The molecule has 0 aromatic heterocycles. The van der Waals surface area contributed by atoms with E-state index in [2.05, 4.69) is 59.1 Å². The Bertz CT molecular complexity index is 518.